The Hall–Kier alpha value is -4.04. The maximum atomic E-state index is 13.3. The molecule has 0 spiro atoms. The molecule has 0 aliphatic carbocycles. The third kappa shape index (κ3) is 3.74. The first-order chi connectivity index (χ1) is 17.5. The number of carbonyl (C=O) groups excluding carboxylic acids is 4. The number of piperazine rings is 1. The van der Waals surface area contributed by atoms with Crippen LogP contribution in [0.25, 0.3) is 10.8 Å². The van der Waals surface area contributed by atoms with Crippen LogP contribution in [0, 0.1) is 0 Å². The first kappa shape index (κ1) is 22.4. The lowest BCUT2D eigenvalue weighted by Gasteiger charge is -2.30. The second-order valence-corrected chi connectivity index (χ2v) is 9.53. The summed E-state index contributed by atoms with van der Waals surface area (Å²) in [5.74, 6) is -0.889. The van der Waals surface area contributed by atoms with Crippen molar-refractivity contribution in [3.63, 3.8) is 0 Å². The molecule has 36 heavy (non-hydrogen) atoms. The number of hydrogen-bond acceptors (Lipinski definition) is 5. The number of amides is 4. The fourth-order valence-corrected chi connectivity index (χ4v) is 5.49. The van der Waals surface area contributed by atoms with Gasteiger partial charge < -0.3 is 10.2 Å². The minimum atomic E-state index is -0.697. The normalized spacial score (nSPS) is 19.7. The number of nitrogens with one attached hydrogen (secondary N) is 2. The van der Waals surface area contributed by atoms with Crippen molar-refractivity contribution < 1.29 is 19.2 Å². The zero-order valence-electron chi connectivity index (χ0n) is 19.8. The Morgan fingerprint density at radius 1 is 0.944 bits per heavy atom. The van der Waals surface area contributed by atoms with Gasteiger partial charge in [0.05, 0.1) is 5.69 Å². The van der Waals surface area contributed by atoms with Gasteiger partial charge in [-0.25, -0.2) is 0 Å². The Morgan fingerprint density at radius 2 is 1.72 bits per heavy atom. The fourth-order valence-electron chi connectivity index (χ4n) is 5.49. The van der Waals surface area contributed by atoms with Gasteiger partial charge in [0.1, 0.15) is 6.04 Å². The molecule has 3 aliphatic heterocycles. The Kier molecular flexibility index (Phi) is 5.53. The Balaban J connectivity index is 1.28. The van der Waals surface area contributed by atoms with Gasteiger partial charge in [-0.05, 0) is 53.6 Å². The van der Waals surface area contributed by atoms with Gasteiger partial charge in [-0.1, -0.05) is 30.3 Å². The van der Waals surface area contributed by atoms with Crippen LogP contribution in [0.1, 0.15) is 44.7 Å². The third-order valence-corrected chi connectivity index (χ3v) is 7.34. The molecule has 3 aromatic carbocycles. The van der Waals surface area contributed by atoms with Crippen LogP contribution in [0.4, 0.5) is 5.69 Å². The van der Waals surface area contributed by atoms with E-state index in [4.69, 9.17) is 0 Å². The summed E-state index contributed by atoms with van der Waals surface area (Å²) >= 11 is 0. The molecule has 0 radical (unpaired) electrons. The van der Waals surface area contributed by atoms with Crippen LogP contribution in [0.5, 0.6) is 0 Å². The molecule has 8 heteroatoms. The van der Waals surface area contributed by atoms with Gasteiger partial charge in [0.25, 0.3) is 11.8 Å². The Bertz CT molecular complexity index is 1410. The van der Waals surface area contributed by atoms with E-state index in [2.05, 4.69) is 10.6 Å². The van der Waals surface area contributed by atoms with Crippen molar-refractivity contribution in [2.24, 2.45) is 0 Å². The van der Waals surface area contributed by atoms with Crippen LogP contribution in [0.15, 0.2) is 54.6 Å². The number of anilines is 1. The van der Waals surface area contributed by atoms with E-state index in [1.165, 1.54) is 0 Å². The minimum absolute atomic E-state index is 0.0560. The number of benzene rings is 3. The quantitative estimate of drug-likeness (QED) is 0.556. The lowest BCUT2D eigenvalue weighted by atomic mass is 9.95. The summed E-state index contributed by atoms with van der Waals surface area (Å²) in [5.41, 5.74) is 4.10. The second-order valence-electron chi connectivity index (χ2n) is 9.53. The van der Waals surface area contributed by atoms with Crippen molar-refractivity contribution in [1.29, 1.82) is 0 Å². The van der Waals surface area contributed by atoms with E-state index in [0.717, 1.165) is 48.1 Å². The summed E-state index contributed by atoms with van der Waals surface area (Å²) in [5, 5.41) is 7.43. The molecule has 3 aliphatic rings. The lowest BCUT2D eigenvalue weighted by molar-refractivity contribution is -0.134. The summed E-state index contributed by atoms with van der Waals surface area (Å²) in [4.78, 5) is 53.7. The van der Waals surface area contributed by atoms with E-state index in [1.54, 1.807) is 11.0 Å². The molecule has 3 aromatic rings. The number of rotatable bonds is 4. The Morgan fingerprint density at radius 3 is 2.47 bits per heavy atom. The molecule has 4 amide bonds. The molecule has 1 atom stereocenters. The summed E-state index contributed by atoms with van der Waals surface area (Å²) in [6.45, 7) is 3.07. The molecule has 2 saturated heterocycles. The van der Waals surface area contributed by atoms with Gasteiger partial charge in [-0.3, -0.25) is 29.4 Å². The van der Waals surface area contributed by atoms with Crippen LogP contribution >= 0.6 is 0 Å². The maximum absolute atomic E-state index is 13.3. The van der Waals surface area contributed by atoms with E-state index in [0.29, 0.717) is 29.7 Å². The molecular weight excluding hydrogens is 456 g/mol. The molecular formula is C28H26N4O4. The molecule has 1 unspecified atom stereocenters. The van der Waals surface area contributed by atoms with E-state index in [-0.39, 0.29) is 24.1 Å². The predicted octanol–water partition coefficient (Wildman–Crippen LogP) is 2.24. The lowest BCUT2D eigenvalue weighted by Crippen LogP contribution is -2.53. The molecule has 2 fully saturated rings. The molecule has 0 saturated carbocycles. The zero-order chi connectivity index (χ0) is 24.8. The van der Waals surface area contributed by atoms with Gasteiger partial charge in [-0.2, -0.15) is 0 Å². The number of nitrogens with zero attached hydrogens (tertiary/aromatic N) is 2. The summed E-state index contributed by atoms with van der Waals surface area (Å²) in [6.07, 6.45) is 1.17. The SMILES string of the molecule is O=C1CCC(N2C(=O)c3cccc4c(Cc5ccc(C(=O)N6CCNCC6)cc5)ccc2c34)C(=O)N1. The molecule has 3 heterocycles. The monoisotopic (exact) mass is 482 g/mol. The van der Waals surface area contributed by atoms with Gasteiger partial charge in [0.2, 0.25) is 11.8 Å². The van der Waals surface area contributed by atoms with Gasteiger partial charge in [0, 0.05) is 49.1 Å². The molecule has 6 rings (SSSR count). The molecule has 2 N–H and O–H groups in total. The first-order valence-electron chi connectivity index (χ1n) is 12.3. The summed E-state index contributed by atoms with van der Waals surface area (Å²) < 4.78 is 0. The standard InChI is InChI=1S/C28H26N4O4/c33-24-11-10-23(26(34)30-24)32-22-9-8-19(20-2-1-3-21(25(20)22)28(32)36)16-17-4-6-18(7-5-17)27(35)31-14-12-29-13-15-31/h1-9,23,29H,10-16H2,(H,30,33,34). The molecule has 182 valence electrons. The van der Waals surface area contributed by atoms with Gasteiger partial charge in [-0.15, -0.1) is 0 Å². The van der Waals surface area contributed by atoms with Gasteiger partial charge in [0.15, 0.2) is 0 Å². The number of imide groups is 1. The smallest absolute Gasteiger partial charge is 0.259 e. The van der Waals surface area contributed by atoms with Crippen molar-refractivity contribution in [1.82, 2.24) is 15.5 Å². The van der Waals surface area contributed by atoms with Crippen molar-refractivity contribution in [3.05, 3.63) is 76.9 Å². The van der Waals surface area contributed by atoms with E-state index >= 15 is 0 Å². The van der Waals surface area contributed by atoms with Crippen LogP contribution in [-0.2, 0) is 16.0 Å². The molecule has 8 nitrogen and oxygen atoms in total. The average molecular weight is 483 g/mol. The topological polar surface area (TPSA) is 98.8 Å². The van der Waals surface area contributed by atoms with Crippen molar-refractivity contribution in [2.75, 3.05) is 31.1 Å². The average Bonchev–Trinajstić information content (AvgIpc) is 3.19. The minimum Gasteiger partial charge on any atom is -0.336 e. The number of hydrogen-bond donors (Lipinski definition) is 2. The highest BCUT2D eigenvalue weighted by atomic mass is 16.2. The number of carbonyl (C=O) groups is 4. The highest BCUT2D eigenvalue weighted by Gasteiger charge is 2.40. The van der Waals surface area contributed by atoms with Gasteiger partial charge >= 0.3 is 0 Å². The van der Waals surface area contributed by atoms with Crippen LogP contribution in [0.2, 0.25) is 0 Å². The van der Waals surface area contributed by atoms with Crippen molar-refractivity contribution >= 4 is 40.1 Å². The summed E-state index contributed by atoms with van der Waals surface area (Å²) in [7, 11) is 0. The van der Waals surface area contributed by atoms with Crippen LogP contribution in [0.3, 0.4) is 0 Å². The molecule has 0 bridgehead atoms. The largest absolute Gasteiger partial charge is 0.336 e. The van der Waals surface area contributed by atoms with E-state index in [9.17, 15) is 19.2 Å². The van der Waals surface area contributed by atoms with Crippen LogP contribution < -0.4 is 15.5 Å². The third-order valence-electron chi connectivity index (χ3n) is 7.34. The van der Waals surface area contributed by atoms with Crippen LogP contribution in [-0.4, -0.2) is 60.7 Å². The first-order valence-corrected chi connectivity index (χ1v) is 12.3. The predicted molar refractivity (Wildman–Crippen MR) is 135 cm³/mol. The zero-order valence-corrected chi connectivity index (χ0v) is 19.8. The van der Waals surface area contributed by atoms with Crippen molar-refractivity contribution in [3.8, 4) is 0 Å². The highest BCUT2D eigenvalue weighted by molar-refractivity contribution is 6.27. The maximum Gasteiger partial charge on any atom is 0.259 e. The molecule has 0 aromatic heterocycles. The second kappa shape index (κ2) is 8.87. The van der Waals surface area contributed by atoms with E-state index in [1.807, 2.05) is 53.4 Å². The van der Waals surface area contributed by atoms with Crippen molar-refractivity contribution in [2.45, 2.75) is 25.3 Å². The fraction of sp³-hybridized carbons (Fsp3) is 0.286. The summed E-state index contributed by atoms with van der Waals surface area (Å²) in [6, 6.07) is 16.6. The van der Waals surface area contributed by atoms with E-state index < -0.39 is 11.9 Å². The number of piperidine rings is 1. The highest BCUT2D eigenvalue weighted by Crippen LogP contribution is 2.41. The Labute approximate surface area is 208 Å².